The van der Waals surface area contributed by atoms with Crippen LogP contribution in [0.1, 0.15) is 25.0 Å². The number of nitrogens with one attached hydrogen (secondary N) is 1. The summed E-state index contributed by atoms with van der Waals surface area (Å²) in [7, 11) is -3.32. The number of fused-ring (bicyclic) bond motifs is 1. The van der Waals surface area contributed by atoms with Crippen molar-refractivity contribution in [1.82, 2.24) is 0 Å². The number of halogens is 1. The summed E-state index contributed by atoms with van der Waals surface area (Å²) in [4.78, 5) is 2.23. The second-order valence-electron chi connectivity index (χ2n) is 6.92. The van der Waals surface area contributed by atoms with E-state index in [9.17, 15) is 12.8 Å². The lowest BCUT2D eigenvalue weighted by Crippen LogP contribution is -2.20. The first-order valence-electron chi connectivity index (χ1n) is 8.45. The maximum atomic E-state index is 13.0. The molecule has 6 heteroatoms. The van der Waals surface area contributed by atoms with E-state index in [0.29, 0.717) is 12.2 Å². The molecule has 1 aliphatic rings. The highest BCUT2D eigenvalue weighted by Gasteiger charge is 2.21. The van der Waals surface area contributed by atoms with Gasteiger partial charge in [-0.1, -0.05) is 26.0 Å². The molecular weight excluding hydrogens is 339 g/mol. The van der Waals surface area contributed by atoms with E-state index in [1.165, 1.54) is 12.1 Å². The number of anilines is 2. The van der Waals surface area contributed by atoms with E-state index in [0.717, 1.165) is 29.8 Å². The molecule has 0 atom stereocenters. The average molecular weight is 362 g/mol. The quantitative estimate of drug-likeness (QED) is 0.851. The number of hydrogen-bond acceptors (Lipinski definition) is 3. The van der Waals surface area contributed by atoms with Crippen LogP contribution in [0.5, 0.6) is 0 Å². The topological polar surface area (TPSA) is 49.4 Å². The van der Waals surface area contributed by atoms with Gasteiger partial charge in [0.05, 0.1) is 5.75 Å². The van der Waals surface area contributed by atoms with Gasteiger partial charge < -0.3 is 4.90 Å². The number of hydrogen-bond donors (Lipinski definition) is 1. The smallest absolute Gasteiger partial charge is 0.232 e. The van der Waals surface area contributed by atoms with Crippen molar-refractivity contribution >= 4 is 21.4 Å². The minimum Gasteiger partial charge on any atom is -0.367 e. The van der Waals surface area contributed by atoms with Crippen LogP contribution in [0.2, 0.25) is 0 Å². The molecule has 4 nitrogen and oxygen atoms in total. The summed E-state index contributed by atoms with van der Waals surface area (Å²) in [6, 6.07) is 12.2. The SMILES string of the molecule is CC(C)CS(=O)(=O)Nc1ccc2c(c1)CCN2Cc1ccc(F)cc1. The summed E-state index contributed by atoms with van der Waals surface area (Å²) < 4.78 is 39.9. The minimum absolute atomic E-state index is 0.0816. The molecule has 0 saturated carbocycles. The Kier molecular flexibility index (Phi) is 4.99. The van der Waals surface area contributed by atoms with Gasteiger partial charge in [-0.2, -0.15) is 0 Å². The second-order valence-corrected chi connectivity index (χ2v) is 8.69. The zero-order chi connectivity index (χ0) is 18.0. The predicted molar refractivity (Wildman–Crippen MR) is 99.8 cm³/mol. The molecule has 0 unspecified atom stereocenters. The Morgan fingerprint density at radius 1 is 1.16 bits per heavy atom. The van der Waals surface area contributed by atoms with Crippen LogP contribution in [0.4, 0.5) is 15.8 Å². The van der Waals surface area contributed by atoms with E-state index in [2.05, 4.69) is 9.62 Å². The molecule has 0 fully saturated rings. The number of rotatable bonds is 6. The lowest BCUT2D eigenvalue weighted by Gasteiger charge is -2.20. The average Bonchev–Trinajstić information content (AvgIpc) is 2.90. The highest BCUT2D eigenvalue weighted by atomic mass is 32.2. The van der Waals surface area contributed by atoms with E-state index in [-0.39, 0.29) is 17.5 Å². The first-order valence-corrected chi connectivity index (χ1v) is 10.1. The molecule has 0 aliphatic carbocycles. The fourth-order valence-corrected chi connectivity index (χ4v) is 4.62. The molecule has 1 aliphatic heterocycles. The van der Waals surface area contributed by atoms with Gasteiger partial charge in [0, 0.05) is 24.5 Å². The Balaban J connectivity index is 1.73. The third kappa shape index (κ3) is 4.51. The maximum Gasteiger partial charge on any atom is 0.232 e. The molecule has 25 heavy (non-hydrogen) atoms. The Morgan fingerprint density at radius 2 is 1.88 bits per heavy atom. The van der Waals surface area contributed by atoms with Gasteiger partial charge in [-0.05, 0) is 53.8 Å². The predicted octanol–water partition coefficient (Wildman–Crippen LogP) is 3.79. The summed E-state index contributed by atoms with van der Waals surface area (Å²) in [6.45, 7) is 5.35. The summed E-state index contributed by atoms with van der Waals surface area (Å²) in [5.41, 5.74) is 3.90. The molecule has 0 radical (unpaired) electrons. The minimum atomic E-state index is -3.32. The fourth-order valence-electron chi connectivity index (χ4n) is 3.17. The van der Waals surface area contributed by atoms with Gasteiger partial charge >= 0.3 is 0 Å². The number of benzene rings is 2. The molecule has 0 spiro atoms. The van der Waals surface area contributed by atoms with E-state index in [1.54, 1.807) is 18.2 Å². The van der Waals surface area contributed by atoms with Crippen molar-refractivity contribution in [3.8, 4) is 0 Å². The first kappa shape index (κ1) is 17.7. The summed E-state index contributed by atoms with van der Waals surface area (Å²) >= 11 is 0. The van der Waals surface area contributed by atoms with Crippen molar-refractivity contribution in [3.63, 3.8) is 0 Å². The zero-order valence-electron chi connectivity index (χ0n) is 14.5. The Labute approximate surface area is 148 Å². The largest absolute Gasteiger partial charge is 0.367 e. The standard InChI is InChI=1S/C19H23FN2O2S/c1-14(2)13-25(23,24)21-18-7-8-19-16(11-18)9-10-22(19)12-15-3-5-17(20)6-4-15/h3-8,11,14,21H,9-10,12-13H2,1-2H3. The van der Waals surface area contributed by atoms with E-state index < -0.39 is 10.0 Å². The summed E-state index contributed by atoms with van der Waals surface area (Å²) in [6.07, 6.45) is 0.871. The highest BCUT2D eigenvalue weighted by Crippen LogP contribution is 2.32. The van der Waals surface area contributed by atoms with Crippen molar-refractivity contribution in [2.24, 2.45) is 5.92 Å². The van der Waals surface area contributed by atoms with Crippen LogP contribution in [0.15, 0.2) is 42.5 Å². The van der Waals surface area contributed by atoms with Crippen molar-refractivity contribution < 1.29 is 12.8 Å². The van der Waals surface area contributed by atoms with E-state index in [1.807, 2.05) is 26.0 Å². The van der Waals surface area contributed by atoms with Gasteiger partial charge in [-0.25, -0.2) is 12.8 Å². The van der Waals surface area contributed by atoms with Crippen LogP contribution >= 0.6 is 0 Å². The second kappa shape index (κ2) is 7.04. The Bertz CT molecular complexity index is 848. The van der Waals surface area contributed by atoms with Crippen LogP contribution < -0.4 is 9.62 Å². The van der Waals surface area contributed by atoms with Crippen molar-refractivity contribution in [3.05, 3.63) is 59.4 Å². The molecule has 0 amide bonds. The Hall–Kier alpha value is -2.08. The van der Waals surface area contributed by atoms with E-state index in [4.69, 9.17) is 0 Å². The van der Waals surface area contributed by atoms with Gasteiger partial charge in [0.1, 0.15) is 5.82 Å². The van der Waals surface area contributed by atoms with Gasteiger partial charge in [0.25, 0.3) is 0 Å². The third-order valence-electron chi connectivity index (χ3n) is 4.18. The molecule has 0 bridgehead atoms. The Morgan fingerprint density at radius 3 is 2.56 bits per heavy atom. The molecule has 0 aromatic heterocycles. The van der Waals surface area contributed by atoms with Crippen LogP contribution in [0.3, 0.4) is 0 Å². The van der Waals surface area contributed by atoms with Gasteiger partial charge in [-0.3, -0.25) is 4.72 Å². The van der Waals surface area contributed by atoms with Crippen LogP contribution in [0.25, 0.3) is 0 Å². The van der Waals surface area contributed by atoms with Crippen molar-refractivity contribution in [2.75, 3.05) is 21.9 Å². The number of nitrogens with zero attached hydrogens (tertiary/aromatic N) is 1. The first-order chi connectivity index (χ1) is 11.8. The maximum absolute atomic E-state index is 13.0. The fraction of sp³-hybridized carbons (Fsp3) is 0.368. The molecule has 1 N–H and O–H groups in total. The number of sulfonamides is 1. The van der Waals surface area contributed by atoms with Crippen LogP contribution in [-0.4, -0.2) is 20.7 Å². The van der Waals surface area contributed by atoms with Crippen molar-refractivity contribution in [1.29, 1.82) is 0 Å². The normalized spacial score (nSPS) is 14.0. The van der Waals surface area contributed by atoms with Crippen molar-refractivity contribution in [2.45, 2.75) is 26.8 Å². The monoisotopic (exact) mass is 362 g/mol. The lowest BCUT2D eigenvalue weighted by atomic mass is 10.1. The summed E-state index contributed by atoms with van der Waals surface area (Å²) in [5.74, 6) is -0.0390. The van der Waals surface area contributed by atoms with E-state index >= 15 is 0 Å². The molecule has 1 heterocycles. The highest BCUT2D eigenvalue weighted by molar-refractivity contribution is 7.92. The van der Waals surface area contributed by atoms with Crippen LogP contribution in [0, 0.1) is 11.7 Å². The van der Waals surface area contributed by atoms with Gasteiger partial charge in [0.2, 0.25) is 10.0 Å². The lowest BCUT2D eigenvalue weighted by molar-refractivity contribution is 0.587. The molecule has 2 aromatic rings. The summed E-state index contributed by atoms with van der Waals surface area (Å²) in [5, 5.41) is 0. The van der Waals surface area contributed by atoms with Gasteiger partial charge in [-0.15, -0.1) is 0 Å². The molecule has 0 saturated heterocycles. The molecular formula is C19H23FN2O2S. The zero-order valence-corrected chi connectivity index (χ0v) is 15.3. The molecule has 3 rings (SSSR count). The van der Waals surface area contributed by atoms with Gasteiger partial charge in [0.15, 0.2) is 0 Å². The molecule has 134 valence electrons. The third-order valence-corrected chi connectivity index (χ3v) is 5.84. The van der Waals surface area contributed by atoms with Crippen LogP contribution in [-0.2, 0) is 23.0 Å². The molecule has 2 aromatic carbocycles.